The van der Waals surface area contributed by atoms with Crippen LogP contribution in [0.25, 0.3) is 20.7 Å². The lowest BCUT2D eigenvalue weighted by atomic mass is 10.1. The van der Waals surface area contributed by atoms with Crippen LogP contribution in [0.1, 0.15) is 44.8 Å². The van der Waals surface area contributed by atoms with Crippen LogP contribution in [0, 0.1) is 18.8 Å². The number of H-pyrrole nitrogens is 1. The Morgan fingerprint density at radius 1 is 1.34 bits per heavy atom. The number of aromatic nitrogens is 4. The van der Waals surface area contributed by atoms with Crippen LogP contribution in [0.2, 0.25) is 0 Å². The van der Waals surface area contributed by atoms with Crippen molar-refractivity contribution in [2.24, 2.45) is 11.8 Å². The number of aryl methyl sites for hydroxylation is 1. The highest BCUT2D eigenvalue weighted by molar-refractivity contribution is 7.22. The van der Waals surface area contributed by atoms with Gasteiger partial charge in [-0.25, -0.2) is 14.6 Å². The van der Waals surface area contributed by atoms with E-state index in [4.69, 9.17) is 4.74 Å². The largest absolute Gasteiger partial charge is 0.465 e. The second-order valence-electron chi connectivity index (χ2n) is 9.37. The highest BCUT2D eigenvalue weighted by atomic mass is 32.1. The molecule has 3 aromatic rings. The van der Waals surface area contributed by atoms with Gasteiger partial charge in [0.1, 0.15) is 16.1 Å². The standard InChI is InChI=1S/C21H23N5O5S/c1-9-12(8-26(24-9)20(30)31-21(2,3)4)14-6-13-16(32-14)18(27)23-17(22-13)15-11-5-10(11)7-25(15)19(28)29/h6,8,10-11,15H,5,7H2,1-4H3,(H,28,29)(H,22,23,27). The zero-order valence-corrected chi connectivity index (χ0v) is 18.9. The fourth-order valence-electron chi connectivity index (χ4n) is 4.35. The van der Waals surface area contributed by atoms with Crippen molar-refractivity contribution >= 4 is 33.7 Å². The van der Waals surface area contributed by atoms with Gasteiger partial charge in [-0.3, -0.25) is 9.69 Å². The van der Waals surface area contributed by atoms with Gasteiger partial charge in [0.25, 0.3) is 5.56 Å². The van der Waals surface area contributed by atoms with E-state index in [1.54, 1.807) is 40.0 Å². The number of carbonyl (C=O) groups is 2. The highest BCUT2D eigenvalue weighted by Crippen LogP contribution is 2.55. The average Bonchev–Trinajstić information content (AvgIpc) is 3.04. The summed E-state index contributed by atoms with van der Waals surface area (Å²) in [5, 5.41) is 13.8. The number of carboxylic acid groups (broad SMARTS) is 1. The van der Waals surface area contributed by atoms with Crippen LogP contribution in [0.4, 0.5) is 9.59 Å². The molecule has 11 heteroatoms. The summed E-state index contributed by atoms with van der Waals surface area (Å²) in [7, 11) is 0. The van der Waals surface area contributed by atoms with Crippen molar-refractivity contribution in [2.45, 2.75) is 45.8 Å². The fourth-order valence-corrected chi connectivity index (χ4v) is 5.40. The van der Waals surface area contributed by atoms with Crippen molar-refractivity contribution in [3.63, 3.8) is 0 Å². The van der Waals surface area contributed by atoms with Gasteiger partial charge in [0.05, 0.1) is 17.3 Å². The van der Waals surface area contributed by atoms with Crippen LogP contribution >= 0.6 is 11.3 Å². The van der Waals surface area contributed by atoms with E-state index in [1.807, 2.05) is 0 Å². The Labute approximate surface area is 186 Å². The van der Waals surface area contributed by atoms with Gasteiger partial charge in [0, 0.05) is 23.2 Å². The van der Waals surface area contributed by atoms with Crippen LogP contribution in [-0.4, -0.2) is 54.1 Å². The van der Waals surface area contributed by atoms with E-state index in [9.17, 15) is 19.5 Å². The number of aromatic amines is 1. The van der Waals surface area contributed by atoms with Crippen molar-refractivity contribution in [2.75, 3.05) is 6.54 Å². The summed E-state index contributed by atoms with van der Waals surface area (Å²) in [6.07, 6.45) is 0.955. The lowest BCUT2D eigenvalue weighted by Gasteiger charge is -2.23. The van der Waals surface area contributed by atoms with Crippen molar-refractivity contribution in [3.05, 3.63) is 34.1 Å². The number of rotatable bonds is 2. The predicted octanol–water partition coefficient (Wildman–Crippen LogP) is 3.61. The summed E-state index contributed by atoms with van der Waals surface area (Å²) < 4.78 is 6.96. The van der Waals surface area contributed by atoms with E-state index < -0.39 is 23.8 Å². The normalized spacial score (nSPS) is 22.2. The van der Waals surface area contributed by atoms with Crippen molar-refractivity contribution < 1.29 is 19.4 Å². The second kappa shape index (κ2) is 6.89. The number of piperidine rings is 1. The Bertz CT molecular complexity index is 1320. The molecule has 3 unspecified atom stereocenters. The smallest absolute Gasteiger partial charge is 0.435 e. The first-order valence-corrected chi connectivity index (χ1v) is 11.2. The van der Waals surface area contributed by atoms with E-state index in [0.717, 1.165) is 16.0 Å². The van der Waals surface area contributed by atoms with E-state index in [-0.39, 0.29) is 11.5 Å². The molecule has 3 atom stereocenters. The molecule has 2 fully saturated rings. The Morgan fingerprint density at radius 2 is 2.09 bits per heavy atom. The number of amides is 1. The first-order valence-electron chi connectivity index (χ1n) is 10.3. The van der Waals surface area contributed by atoms with Gasteiger partial charge in [0.15, 0.2) is 0 Å². The molecule has 10 nitrogen and oxygen atoms in total. The monoisotopic (exact) mass is 457 g/mol. The maximum absolute atomic E-state index is 12.8. The van der Waals surface area contributed by atoms with Crippen molar-refractivity contribution in [1.82, 2.24) is 24.6 Å². The average molecular weight is 458 g/mol. The summed E-state index contributed by atoms with van der Waals surface area (Å²) >= 11 is 1.26. The first kappa shape index (κ1) is 20.7. The van der Waals surface area contributed by atoms with E-state index >= 15 is 0 Å². The van der Waals surface area contributed by atoms with Gasteiger partial charge in [0.2, 0.25) is 0 Å². The molecule has 4 heterocycles. The van der Waals surface area contributed by atoms with Gasteiger partial charge < -0.3 is 14.8 Å². The lowest BCUT2D eigenvalue weighted by Crippen LogP contribution is -2.33. The topological polar surface area (TPSA) is 130 Å². The SMILES string of the molecule is Cc1nn(C(=O)OC(C)(C)C)cc1-c1cc2nc(C3C4CC4CN3C(=O)O)[nH]c(=O)c2s1. The lowest BCUT2D eigenvalue weighted by molar-refractivity contribution is 0.0514. The molecule has 1 saturated heterocycles. The third kappa shape index (κ3) is 3.46. The molecule has 1 aliphatic carbocycles. The zero-order chi connectivity index (χ0) is 22.9. The minimum absolute atomic E-state index is 0.208. The third-order valence-electron chi connectivity index (χ3n) is 5.82. The molecule has 0 bridgehead atoms. The third-order valence-corrected chi connectivity index (χ3v) is 6.98. The Kier molecular flexibility index (Phi) is 4.45. The summed E-state index contributed by atoms with van der Waals surface area (Å²) in [5.41, 5.74) is 0.880. The van der Waals surface area contributed by atoms with Crippen LogP contribution in [0.3, 0.4) is 0 Å². The molecule has 0 aromatic carbocycles. The Hall–Kier alpha value is -3.21. The number of ether oxygens (including phenoxy) is 1. The molecule has 1 aliphatic heterocycles. The van der Waals surface area contributed by atoms with E-state index in [0.29, 0.717) is 39.8 Å². The van der Waals surface area contributed by atoms with Crippen molar-refractivity contribution in [3.8, 4) is 10.4 Å². The van der Waals surface area contributed by atoms with Gasteiger partial charge in [-0.1, -0.05) is 0 Å². The second-order valence-corrected chi connectivity index (χ2v) is 10.4. The molecular weight excluding hydrogens is 434 g/mol. The number of hydrogen-bond acceptors (Lipinski definition) is 7. The molecule has 1 saturated carbocycles. The maximum atomic E-state index is 12.8. The molecular formula is C21H23N5O5S. The first-order chi connectivity index (χ1) is 15.0. The summed E-state index contributed by atoms with van der Waals surface area (Å²) in [5.74, 6) is 0.941. The zero-order valence-electron chi connectivity index (χ0n) is 18.1. The number of nitrogens with one attached hydrogen (secondary N) is 1. The molecule has 2 aliphatic rings. The summed E-state index contributed by atoms with van der Waals surface area (Å²) in [6, 6.07) is 1.36. The molecule has 0 radical (unpaired) electrons. The number of carbonyl (C=O) groups excluding carboxylic acids is 1. The predicted molar refractivity (Wildman–Crippen MR) is 117 cm³/mol. The minimum Gasteiger partial charge on any atom is -0.465 e. The number of likely N-dealkylation sites (tertiary alicyclic amines) is 1. The molecule has 3 aromatic heterocycles. The fraction of sp³-hybridized carbons (Fsp3) is 0.476. The van der Waals surface area contributed by atoms with E-state index in [1.165, 1.54) is 16.2 Å². The van der Waals surface area contributed by atoms with E-state index in [2.05, 4.69) is 15.1 Å². The quantitative estimate of drug-likeness (QED) is 0.601. The number of fused-ring (bicyclic) bond motifs is 2. The van der Waals surface area contributed by atoms with Gasteiger partial charge in [-0.05, 0) is 52.0 Å². The highest BCUT2D eigenvalue weighted by Gasteiger charge is 2.55. The van der Waals surface area contributed by atoms with Gasteiger partial charge in [-0.2, -0.15) is 9.78 Å². The molecule has 168 valence electrons. The summed E-state index contributed by atoms with van der Waals surface area (Å²) in [4.78, 5) is 46.3. The minimum atomic E-state index is -0.999. The molecule has 32 heavy (non-hydrogen) atoms. The molecule has 0 spiro atoms. The van der Waals surface area contributed by atoms with Crippen LogP contribution in [0.5, 0.6) is 0 Å². The van der Waals surface area contributed by atoms with Crippen LogP contribution in [-0.2, 0) is 4.74 Å². The number of hydrogen-bond donors (Lipinski definition) is 2. The van der Waals surface area contributed by atoms with Gasteiger partial charge in [-0.15, -0.1) is 11.3 Å². The molecule has 5 rings (SSSR count). The number of thiophene rings is 1. The Balaban J connectivity index is 1.51. The Morgan fingerprint density at radius 3 is 2.78 bits per heavy atom. The summed E-state index contributed by atoms with van der Waals surface area (Å²) in [6.45, 7) is 7.60. The van der Waals surface area contributed by atoms with Crippen LogP contribution in [0.15, 0.2) is 17.1 Å². The van der Waals surface area contributed by atoms with Gasteiger partial charge >= 0.3 is 12.2 Å². The van der Waals surface area contributed by atoms with Crippen molar-refractivity contribution in [1.29, 1.82) is 0 Å². The number of nitrogens with zero attached hydrogens (tertiary/aromatic N) is 4. The maximum Gasteiger partial charge on any atom is 0.435 e. The molecule has 1 amide bonds. The van der Waals surface area contributed by atoms with Crippen LogP contribution < -0.4 is 5.56 Å². The molecule has 2 N–H and O–H groups in total.